The topological polar surface area (TPSA) is 107 Å². The molecule has 0 amide bonds. The lowest BCUT2D eigenvalue weighted by Crippen LogP contribution is -2.22. The van der Waals surface area contributed by atoms with E-state index in [4.69, 9.17) is 15.6 Å². The van der Waals surface area contributed by atoms with Crippen molar-refractivity contribution in [1.82, 2.24) is 0 Å². The Morgan fingerprint density at radius 2 is 2.11 bits per heavy atom. The summed E-state index contributed by atoms with van der Waals surface area (Å²) in [7, 11) is -3.54. The van der Waals surface area contributed by atoms with E-state index in [-0.39, 0.29) is 23.7 Å². The monoisotopic (exact) mass is 277 g/mol. The predicted molar refractivity (Wildman–Crippen MR) is 68.4 cm³/mol. The van der Waals surface area contributed by atoms with Gasteiger partial charge in [0.15, 0.2) is 11.6 Å². The van der Waals surface area contributed by atoms with Crippen LogP contribution in [0.25, 0.3) is 0 Å². The van der Waals surface area contributed by atoms with Crippen LogP contribution in [0, 0.1) is 5.82 Å². The molecule has 5 N–H and O–H groups in total. The van der Waals surface area contributed by atoms with Gasteiger partial charge in [0.25, 0.3) is 0 Å². The van der Waals surface area contributed by atoms with Gasteiger partial charge in [-0.25, -0.2) is 17.9 Å². The maximum absolute atomic E-state index is 13.4. The first-order valence-corrected chi connectivity index (χ1v) is 7.01. The summed E-state index contributed by atoms with van der Waals surface area (Å²) in [6.07, 6.45) is 0. The van der Waals surface area contributed by atoms with E-state index in [9.17, 15) is 12.8 Å². The number of rotatable bonds is 6. The Kier molecular flexibility index (Phi) is 4.74. The molecule has 1 aromatic rings. The Labute approximate surface area is 105 Å². The third-order valence-electron chi connectivity index (χ3n) is 2.11. The second-order valence-corrected chi connectivity index (χ2v) is 5.33. The number of nitrogens with one attached hydrogen (secondary N) is 1. The second kappa shape index (κ2) is 5.87. The lowest BCUT2D eigenvalue weighted by atomic mass is 10.2. The van der Waals surface area contributed by atoms with Crippen LogP contribution in [-0.4, -0.2) is 27.3 Å². The molecule has 1 rings (SSSR count). The fourth-order valence-electron chi connectivity index (χ4n) is 1.32. The molecule has 0 aliphatic carbocycles. The lowest BCUT2D eigenvalue weighted by molar-refractivity contribution is 0.322. The Morgan fingerprint density at radius 1 is 1.44 bits per heavy atom. The van der Waals surface area contributed by atoms with Gasteiger partial charge in [0.05, 0.1) is 23.7 Å². The molecule has 0 radical (unpaired) electrons. The first-order valence-electron chi connectivity index (χ1n) is 5.29. The summed E-state index contributed by atoms with van der Waals surface area (Å²) >= 11 is 0. The maximum atomic E-state index is 13.4. The quantitative estimate of drug-likeness (QED) is 0.656. The first-order chi connectivity index (χ1) is 8.33. The molecule has 0 aliphatic rings. The maximum Gasteiger partial charge on any atom is 0.210 e. The number of nitrogen functional groups attached to an aromatic ring is 1. The Morgan fingerprint density at radius 3 is 2.67 bits per heavy atom. The highest BCUT2D eigenvalue weighted by Crippen LogP contribution is 2.28. The summed E-state index contributed by atoms with van der Waals surface area (Å²) in [5, 5.41) is 7.62. The molecular formula is C10H16FN3O3S. The molecule has 0 heterocycles. The van der Waals surface area contributed by atoms with Crippen LogP contribution < -0.4 is 20.9 Å². The summed E-state index contributed by atoms with van der Waals surface area (Å²) in [4.78, 5) is 0. The van der Waals surface area contributed by atoms with Gasteiger partial charge in [-0.2, -0.15) is 0 Å². The average Bonchev–Trinajstić information content (AvgIpc) is 2.23. The van der Waals surface area contributed by atoms with Crippen molar-refractivity contribution >= 4 is 21.4 Å². The number of ether oxygens (including phenoxy) is 1. The van der Waals surface area contributed by atoms with Crippen molar-refractivity contribution in [2.45, 2.75) is 6.92 Å². The number of benzene rings is 1. The molecular weight excluding hydrogens is 261 g/mol. The van der Waals surface area contributed by atoms with Crippen LogP contribution in [-0.2, 0) is 10.0 Å². The molecule has 18 heavy (non-hydrogen) atoms. The van der Waals surface area contributed by atoms with Gasteiger partial charge in [0.2, 0.25) is 10.0 Å². The van der Waals surface area contributed by atoms with Crippen LogP contribution in [0.1, 0.15) is 6.92 Å². The zero-order chi connectivity index (χ0) is 13.8. The molecule has 0 bridgehead atoms. The number of hydrogen-bond acceptors (Lipinski definition) is 5. The lowest BCUT2D eigenvalue weighted by Gasteiger charge is -2.12. The third-order valence-corrected chi connectivity index (χ3v) is 2.88. The molecule has 0 aliphatic heterocycles. The fraction of sp³-hybridized carbons (Fsp3) is 0.400. The molecule has 0 saturated heterocycles. The predicted octanol–water partition coefficient (Wildman–Crippen LogP) is 0.507. The van der Waals surface area contributed by atoms with Crippen molar-refractivity contribution in [2.24, 2.45) is 5.14 Å². The van der Waals surface area contributed by atoms with Crippen molar-refractivity contribution in [3.63, 3.8) is 0 Å². The van der Waals surface area contributed by atoms with Gasteiger partial charge in [-0.1, -0.05) is 0 Å². The van der Waals surface area contributed by atoms with Crippen LogP contribution in [0.15, 0.2) is 12.1 Å². The van der Waals surface area contributed by atoms with Gasteiger partial charge >= 0.3 is 0 Å². The largest absolute Gasteiger partial charge is 0.491 e. The normalized spacial score (nSPS) is 11.3. The minimum Gasteiger partial charge on any atom is -0.491 e. The zero-order valence-electron chi connectivity index (χ0n) is 9.94. The van der Waals surface area contributed by atoms with Crippen molar-refractivity contribution in [2.75, 3.05) is 30.0 Å². The number of sulfonamides is 1. The molecule has 1 aromatic carbocycles. The zero-order valence-corrected chi connectivity index (χ0v) is 10.8. The van der Waals surface area contributed by atoms with Gasteiger partial charge in [-0.05, 0) is 6.92 Å². The van der Waals surface area contributed by atoms with E-state index in [1.807, 2.05) is 0 Å². The highest BCUT2D eigenvalue weighted by atomic mass is 32.2. The summed E-state index contributed by atoms with van der Waals surface area (Å²) in [6.45, 7) is 2.13. The SMILES string of the molecule is CCOc1cc(NCCS(N)(=O)=O)c(N)cc1F. The van der Waals surface area contributed by atoms with Crippen molar-refractivity contribution < 1.29 is 17.5 Å². The summed E-state index contributed by atoms with van der Waals surface area (Å²) < 4.78 is 39.9. The number of anilines is 2. The van der Waals surface area contributed by atoms with E-state index < -0.39 is 15.8 Å². The van der Waals surface area contributed by atoms with Crippen molar-refractivity contribution in [3.05, 3.63) is 17.9 Å². The molecule has 0 fully saturated rings. The average molecular weight is 277 g/mol. The van der Waals surface area contributed by atoms with Gasteiger partial charge in [0, 0.05) is 18.7 Å². The minimum absolute atomic E-state index is 0.0600. The summed E-state index contributed by atoms with van der Waals surface area (Å²) in [6, 6.07) is 2.50. The molecule has 0 atom stereocenters. The molecule has 6 nitrogen and oxygen atoms in total. The van der Waals surface area contributed by atoms with E-state index in [2.05, 4.69) is 5.32 Å². The van der Waals surface area contributed by atoms with Crippen LogP contribution in [0.5, 0.6) is 5.75 Å². The van der Waals surface area contributed by atoms with Gasteiger partial charge in [-0.15, -0.1) is 0 Å². The van der Waals surface area contributed by atoms with E-state index in [0.717, 1.165) is 6.07 Å². The highest BCUT2D eigenvalue weighted by molar-refractivity contribution is 7.89. The number of nitrogens with two attached hydrogens (primary N) is 2. The van der Waals surface area contributed by atoms with Crippen LogP contribution in [0.2, 0.25) is 0 Å². The van der Waals surface area contributed by atoms with Crippen LogP contribution >= 0.6 is 0 Å². The van der Waals surface area contributed by atoms with Gasteiger partial charge in [0.1, 0.15) is 0 Å². The van der Waals surface area contributed by atoms with Crippen LogP contribution in [0.4, 0.5) is 15.8 Å². The Hall–Kier alpha value is -1.54. The van der Waals surface area contributed by atoms with Crippen molar-refractivity contribution in [3.8, 4) is 5.75 Å². The Balaban J connectivity index is 2.79. The minimum atomic E-state index is -3.54. The summed E-state index contributed by atoms with van der Waals surface area (Å²) in [5.74, 6) is -0.746. The number of primary sulfonamides is 1. The van der Waals surface area contributed by atoms with E-state index in [1.54, 1.807) is 6.92 Å². The molecule has 0 spiro atoms. The summed E-state index contributed by atoms with van der Waals surface area (Å²) in [5.41, 5.74) is 6.18. The highest BCUT2D eigenvalue weighted by Gasteiger charge is 2.09. The fourth-order valence-corrected chi connectivity index (χ4v) is 1.70. The standard InChI is InChI=1S/C10H16FN3O3S/c1-2-17-10-6-9(8(12)5-7(10)11)14-3-4-18(13,15)16/h5-6,14H,2-4,12H2,1H3,(H2,13,15,16). The first kappa shape index (κ1) is 14.5. The van der Waals surface area contributed by atoms with Crippen LogP contribution in [0.3, 0.4) is 0 Å². The smallest absolute Gasteiger partial charge is 0.210 e. The third kappa shape index (κ3) is 4.38. The second-order valence-electron chi connectivity index (χ2n) is 3.60. The van der Waals surface area contributed by atoms with E-state index >= 15 is 0 Å². The molecule has 102 valence electrons. The van der Waals surface area contributed by atoms with E-state index in [0.29, 0.717) is 12.3 Å². The molecule has 0 aromatic heterocycles. The van der Waals surface area contributed by atoms with Gasteiger partial charge < -0.3 is 15.8 Å². The number of halogens is 1. The number of hydrogen-bond donors (Lipinski definition) is 3. The molecule has 0 unspecified atom stereocenters. The van der Waals surface area contributed by atoms with E-state index in [1.165, 1.54) is 6.07 Å². The molecule has 8 heteroatoms. The Bertz CT molecular complexity index is 519. The molecule has 0 saturated carbocycles. The van der Waals surface area contributed by atoms with Gasteiger partial charge in [-0.3, -0.25) is 0 Å². The van der Waals surface area contributed by atoms with Crippen molar-refractivity contribution in [1.29, 1.82) is 0 Å².